The fraction of sp³-hybridized carbons (Fsp3) is 0.667. The number of ether oxygens (including phenoxy) is 1. The second-order valence-electron chi connectivity index (χ2n) is 6.97. The largest absolute Gasteiger partial charge is 0.497 e. The molecular formula is C21H37IN4OS. The zero-order valence-corrected chi connectivity index (χ0v) is 20.7. The number of unbranched alkanes of at least 4 members (excludes halogenated alkanes) is 1. The number of nitrogens with one attached hydrogen (secondary N) is 2. The van der Waals surface area contributed by atoms with E-state index in [0.29, 0.717) is 6.04 Å². The van der Waals surface area contributed by atoms with Crippen LogP contribution < -0.4 is 15.4 Å². The quantitative estimate of drug-likeness (QED) is 0.210. The van der Waals surface area contributed by atoms with Crippen LogP contribution in [-0.2, 0) is 0 Å². The third-order valence-electron chi connectivity index (χ3n) is 5.09. The van der Waals surface area contributed by atoms with E-state index in [1.165, 1.54) is 56.5 Å². The molecule has 0 aliphatic carbocycles. The molecule has 1 saturated heterocycles. The van der Waals surface area contributed by atoms with Crippen LogP contribution in [0.15, 0.2) is 29.3 Å². The number of methoxy groups -OCH3 is 1. The first-order valence-electron chi connectivity index (χ1n) is 10.1. The number of rotatable bonds is 10. The summed E-state index contributed by atoms with van der Waals surface area (Å²) < 4.78 is 5.32. The molecule has 5 nitrogen and oxygen atoms in total. The summed E-state index contributed by atoms with van der Waals surface area (Å²) in [6.45, 7) is 4.16. The molecule has 1 atom stereocenters. The lowest BCUT2D eigenvalue weighted by atomic mass is 10.0. The van der Waals surface area contributed by atoms with Crippen molar-refractivity contribution < 1.29 is 4.74 Å². The molecular weight excluding hydrogens is 483 g/mol. The van der Waals surface area contributed by atoms with Gasteiger partial charge >= 0.3 is 0 Å². The zero-order chi connectivity index (χ0) is 19.3. The Bertz CT molecular complexity index is 550. The summed E-state index contributed by atoms with van der Waals surface area (Å²) >= 11 is 1.91. The number of piperidine rings is 1. The zero-order valence-electron chi connectivity index (χ0n) is 17.6. The molecule has 1 unspecified atom stereocenters. The highest BCUT2D eigenvalue weighted by atomic mass is 127. The van der Waals surface area contributed by atoms with Gasteiger partial charge in [-0.25, -0.2) is 0 Å². The van der Waals surface area contributed by atoms with E-state index in [9.17, 15) is 0 Å². The molecule has 2 N–H and O–H groups in total. The molecule has 160 valence electrons. The van der Waals surface area contributed by atoms with Crippen LogP contribution in [0.2, 0.25) is 0 Å². The van der Waals surface area contributed by atoms with E-state index in [-0.39, 0.29) is 24.0 Å². The van der Waals surface area contributed by atoms with Crippen molar-refractivity contribution in [2.75, 3.05) is 52.3 Å². The van der Waals surface area contributed by atoms with E-state index < -0.39 is 0 Å². The molecule has 1 heterocycles. The van der Waals surface area contributed by atoms with Crippen molar-refractivity contribution in [1.29, 1.82) is 0 Å². The second kappa shape index (κ2) is 15.2. The van der Waals surface area contributed by atoms with Crippen molar-refractivity contribution in [2.45, 2.75) is 38.1 Å². The lowest BCUT2D eigenvalue weighted by molar-refractivity contribution is 0.164. The number of thioether (sulfide) groups is 1. The molecule has 1 fully saturated rings. The lowest BCUT2D eigenvalue weighted by Gasteiger charge is -2.35. The Morgan fingerprint density at radius 2 is 1.86 bits per heavy atom. The van der Waals surface area contributed by atoms with Gasteiger partial charge in [-0.3, -0.25) is 9.89 Å². The van der Waals surface area contributed by atoms with Crippen LogP contribution in [0.3, 0.4) is 0 Å². The predicted molar refractivity (Wildman–Crippen MR) is 134 cm³/mol. The minimum atomic E-state index is 0. The van der Waals surface area contributed by atoms with Crippen LogP contribution in [0.4, 0.5) is 0 Å². The van der Waals surface area contributed by atoms with Crippen LogP contribution in [-0.4, -0.2) is 63.2 Å². The minimum Gasteiger partial charge on any atom is -0.497 e. The molecule has 1 aliphatic rings. The monoisotopic (exact) mass is 520 g/mol. The summed E-state index contributed by atoms with van der Waals surface area (Å²) in [5.41, 5.74) is 1.33. The second-order valence-corrected chi connectivity index (χ2v) is 7.95. The third kappa shape index (κ3) is 8.78. The van der Waals surface area contributed by atoms with Crippen molar-refractivity contribution in [2.24, 2.45) is 4.99 Å². The molecule has 0 aromatic heterocycles. The third-order valence-corrected chi connectivity index (χ3v) is 5.78. The smallest absolute Gasteiger partial charge is 0.191 e. The maximum Gasteiger partial charge on any atom is 0.191 e. The van der Waals surface area contributed by atoms with Crippen LogP contribution in [0, 0.1) is 0 Å². The molecule has 0 saturated carbocycles. The highest BCUT2D eigenvalue weighted by molar-refractivity contribution is 14.0. The molecule has 1 aliphatic heterocycles. The van der Waals surface area contributed by atoms with Gasteiger partial charge in [0.2, 0.25) is 0 Å². The number of nitrogens with zero attached hydrogens (tertiary/aromatic N) is 2. The lowest BCUT2D eigenvalue weighted by Crippen LogP contribution is -2.44. The number of hydrogen-bond acceptors (Lipinski definition) is 4. The maximum absolute atomic E-state index is 5.32. The van der Waals surface area contributed by atoms with Crippen LogP contribution in [0.5, 0.6) is 5.75 Å². The first-order chi connectivity index (χ1) is 13.3. The topological polar surface area (TPSA) is 48.9 Å². The summed E-state index contributed by atoms with van der Waals surface area (Å²) in [4.78, 5) is 7.00. The molecule has 1 aromatic rings. The maximum atomic E-state index is 5.32. The summed E-state index contributed by atoms with van der Waals surface area (Å²) in [5, 5.41) is 6.99. The van der Waals surface area contributed by atoms with Crippen LogP contribution in [0.1, 0.15) is 43.7 Å². The SMILES string of the molecule is CN=C(NCCCCSC)NCC(c1ccc(OC)cc1)N1CCCCC1.I. The molecule has 2 rings (SSSR count). The molecule has 0 bridgehead atoms. The van der Waals surface area contributed by atoms with Gasteiger partial charge in [-0.05, 0) is 68.5 Å². The fourth-order valence-electron chi connectivity index (χ4n) is 3.51. The number of hydrogen-bond donors (Lipinski definition) is 2. The average molecular weight is 521 g/mol. The summed E-state index contributed by atoms with van der Waals surface area (Å²) in [7, 11) is 3.56. The van der Waals surface area contributed by atoms with E-state index in [2.05, 4.69) is 51.0 Å². The van der Waals surface area contributed by atoms with Gasteiger partial charge in [-0.1, -0.05) is 18.6 Å². The summed E-state index contributed by atoms with van der Waals surface area (Å²) in [6, 6.07) is 8.86. The van der Waals surface area contributed by atoms with Gasteiger partial charge in [0.15, 0.2) is 5.96 Å². The minimum absolute atomic E-state index is 0. The van der Waals surface area contributed by atoms with E-state index in [1.807, 2.05) is 18.8 Å². The highest BCUT2D eigenvalue weighted by Crippen LogP contribution is 2.25. The van der Waals surface area contributed by atoms with E-state index in [0.717, 1.165) is 24.8 Å². The van der Waals surface area contributed by atoms with Gasteiger partial charge < -0.3 is 15.4 Å². The Hall–Kier alpha value is -0.670. The Labute approximate surface area is 192 Å². The number of likely N-dealkylation sites (tertiary alicyclic amines) is 1. The van der Waals surface area contributed by atoms with Crippen molar-refractivity contribution in [3.05, 3.63) is 29.8 Å². The van der Waals surface area contributed by atoms with Crippen molar-refractivity contribution in [1.82, 2.24) is 15.5 Å². The normalized spacial score (nSPS) is 16.2. The van der Waals surface area contributed by atoms with Crippen molar-refractivity contribution in [3.8, 4) is 5.75 Å². The molecule has 0 radical (unpaired) electrons. The van der Waals surface area contributed by atoms with Gasteiger partial charge in [0.05, 0.1) is 13.2 Å². The Kier molecular flexibility index (Phi) is 13.8. The Balaban J connectivity index is 0.00000392. The van der Waals surface area contributed by atoms with Crippen molar-refractivity contribution in [3.63, 3.8) is 0 Å². The number of benzene rings is 1. The van der Waals surface area contributed by atoms with Gasteiger partial charge in [0.25, 0.3) is 0 Å². The van der Waals surface area contributed by atoms with Crippen LogP contribution in [0.25, 0.3) is 0 Å². The molecule has 28 heavy (non-hydrogen) atoms. The molecule has 0 spiro atoms. The van der Waals surface area contributed by atoms with E-state index in [1.54, 1.807) is 7.11 Å². The van der Waals surface area contributed by atoms with E-state index in [4.69, 9.17) is 4.74 Å². The van der Waals surface area contributed by atoms with E-state index >= 15 is 0 Å². The first kappa shape index (κ1) is 25.4. The first-order valence-corrected chi connectivity index (χ1v) is 11.5. The van der Waals surface area contributed by atoms with Gasteiger partial charge in [0.1, 0.15) is 5.75 Å². The molecule has 7 heteroatoms. The summed E-state index contributed by atoms with van der Waals surface area (Å²) in [5.74, 6) is 3.03. The average Bonchev–Trinajstić information content (AvgIpc) is 2.73. The van der Waals surface area contributed by atoms with Gasteiger partial charge in [-0.2, -0.15) is 11.8 Å². The van der Waals surface area contributed by atoms with Gasteiger partial charge in [-0.15, -0.1) is 24.0 Å². The molecule has 1 aromatic carbocycles. The Morgan fingerprint density at radius 3 is 2.46 bits per heavy atom. The molecule has 0 amide bonds. The Morgan fingerprint density at radius 1 is 1.14 bits per heavy atom. The van der Waals surface area contributed by atoms with Gasteiger partial charge in [0, 0.05) is 20.1 Å². The summed E-state index contributed by atoms with van der Waals surface area (Å²) in [6.07, 6.45) is 8.50. The number of guanidine groups is 1. The fourth-order valence-corrected chi connectivity index (χ4v) is 4.00. The van der Waals surface area contributed by atoms with Crippen molar-refractivity contribution >= 4 is 41.7 Å². The standard InChI is InChI=1S/C21H36N4OS.HI/c1-22-21(23-13-5-8-16-27-3)24-17-20(25-14-6-4-7-15-25)18-9-11-19(26-2)12-10-18;/h9-12,20H,4-8,13-17H2,1-3H3,(H2,22,23,24);1H. The highest BCUT2D eigenvalue weighted by Gasteiger charge is 2.22. The van der Waals surface area contributed by atoms with Crippen LogP contribution >= 0.6 is 35.7 Å². The number of halogens is 1. The number of aliphatic imine (C=N–C) groups is 1. The predicted octanol–water partition coefficient (Wildman–Crippen LogP) is 4.15.